The fraction of sp³-hybridized carbons (Fsp3) is 0.467. The summed E-state index contributed by atoms with van der Waals surface area (Å²) >= 11 is 1.78. The van der Waals surface area contributed by atoms with Crippen molar-refractivity contribution >= 4 is 17.2 Å². The lowest BCUT2D eigenvalue weighted by molar-refractivity contribution is 0.115. The van der Waals surface area contributed by atoms with E-state index in [1.165, 1.54) is 11.3 Å². The molecule has 1 unspecified atom stereocenters. The Bertz CT molecular complexity index is 538. The first-order chi connectivity index (χ1) is 9.81. The SMILES string of the molecule is Cc1cc(N(Cc2cccs2)CC2CCCO2)ncn1. The molecule has 0 aliphatic carbocycles. The summed E-state index contributed by atoms with van der Waals surface area (Å²) < 4.78 is 5.77. The number of hydrogen-bond acceptors (Lipinski definition) is 5. The number of rotatable bonds is 5. The molecule has 3 rings (SSSR count). The third kappa shape index (κ3) is 3.35. The summed E-state index contributed by atoms with van der Waals surface area (Å²) in [6.45, 7) is 4.67. The van der Waals surface area contributed by atoms with Gasteiger partial charge in [0, 0.05) is 29.8 Å². The van der Waals surface area contributed by atoms with Crippen molar-refractivity contribution in [2.75, 3.05) is 18.1 Å². The Morgan fingerprint density at radius 3 is 3.10 bits per heavy atom. The zero-order chi connectivity index (χ0) is 13.8. The van der Waals surface area contributed by atoms with Crippen LogP contribution in [0.1, 0.15) is 23.4 Å². The van der Waals surface area contributed by atoms with Gasteiger partial charge in [-0.25, -0.2) is 9.97 Å². The Morgan fingerprint density at radius 1 is 1.45 bits per heavy atom. The molecule has 20 heavy (non-hydrogen) atoms. The number of anilines is 1. The molecule has 1 aliphatic heterocycles. The van der Waals surface area contributed by atoms with Gasteiger partial charge in [-0.1, -0.05) is 6.07 Å². The number of aromatic nitrogens is 2. The van der Waals surface area contributed by atoms with Crippen LogP contribution in [0, 0.1) is 6.92 Å². The molecule has 0 spiro atoms. The fourth-order valence-corrected chi connectivity index (χ4v) is 3.20. The Kier molecular flexibility index (Phi) is 4.28. The summed E-state index contributed by atoms with van der Waals surface area (Å²) in [5.74, 6) is 0.987. The number of ether oxygens (including phenoxy) is 1. The summed E-state index contributed by atoms with van der Waals surface area (Å²) in [6.07, 6.45) is 4.28. The first kappa shape index (κ1) is 13.5. The van der Waals surface area contributed by atoms with E-state index in [1.807, 2.05) is 13.0 Å². The standard InChI is InChI=1S/C15H19N3OS/c1-12-8-15(17-11-16-12)18(9-13-4-2-6-19-13)10-14-5-3-7-20-14/h3,5,7-8,11,13H,2,4,6,9-10H2,1H3. The zero-order valence-corrected chi connectivity index (χ0v) is 12.5. The van der Waals surface area contributed by atoms with Gasteiger partial charge in [0.2, 0.25) is 0 Å². The van der Waals surface area contributed by atoms with E-state index in [-0.39, 0.29) is 0 Å². The minimum atomic E-state index is 0.324. The lowest BCUT2D eigenvalue weighted by atomic mass is 10.2. The summed E-state index contributed by atoms with van der Waals surface area (Å²) in [5, 5.41) is 2.12. The van der Waals surface area contributed by atoms with Crippen molar-refractivity contribution in [3.05, 3.63) is 40.5 Å². The van der Waals surface area contributed by atoms with Gasteiger partial charge in [0.05, 0.1) is 12.6 Å². The van der Waals surface area contributed by atoms with Gasteiger partial charge < -0.3 is 9.64 Å². The highest BCUT2D eigenvalue weighted by Crippen LogP contribution is 2.21. The molecule has 106 valence electrons. The van der Waals surface area contributed by atoms with Crippen molar-refractivity contribution < 1.29 is 4.74 Å². The van der Waals surface area contributed by atoms with Crippen molar-refractivity contribution in [1.82, 2.24) is 9.97 Å². The number of nitrogens with zero attached hydrogens (tertiary/aromatic N) is 3. The molecule has 0 aromatic carbocycles. The van der Waals surface area contributed by atoms with Crippen LogP contribution in [0.4, 0.5) is 5.82 Å². The van der Waals surface area contributed by atoms with Crippen LogP contribution in [0.5, 0.6) is 0 Å². The molecule has 0 amide bonds. The number of aryl methyl sites for hydroxylation is 1. The number of hydrogen-bond donors (Lipinski definition) is 0. The van der Waals surface area contributed by atoms with Gasteiger partial charge in [-0.15, -0.1) is 11.3 Å². The highest BCUT2D eigenvalue weighted by molar-refractivity contribution is 7.09. The van der Waals surface area contributed by atoms with E-state index >= 15 is 0 Å². The molecule has 0 bridgehead atoms. The fourth-order valence-electron chi connectivity index (χ4n) is 2.48. The molecule has 5 heteroatoms. The highest BCUT2D eigenvalue weighted by atomic mass is 32.1. The molecular formula is C15H19N3OS. The van der Waals surface area contributed by atoms with Gasteiger partial charge in [-0.05, 0) is 31.2 Å². The normalized spacial score (nSPS) is 18.4. The maximum absolute atomic E-state index is 5.77. The Labute approximate surface area is 123 Å². The van der Waals surface area contributed by atoms with Crippen molar-refractivity contribution in [3.63, 3.8) is 0 Å². The summed E-state index contributed by atoms with van der Waals surface area (Å²) in [6, 6.07) is 6.30. The summed E-state index contributed by atoms with van der Waals surface area (Å²) in [5.41, 5.74) is 0.999. The van der Waals surface area contributed by atoms with E-state index in [9.17, 15) is 0 Å². The van der Waals surface area contributed by atoms with Crippen LogP contribution in [0.25, 0.3) is 0 Å². The molecule has 1 atom stereocenters. The molecule has 0 N–H and O–H groups in total. The second kappa shape index (κ2) is 6.33. The summed E-state index contributed by atoms with van der Waals surface area (Å²) in [7, 11) is 0. The second-order valence-electron chi connectivity index (χ2n) is 5.11. The van der Waals surface area contributed by atoms with Crippen molar-refractivity contribution in [3.8, 4) is 0 Å². The number of thiophene rings is 1. The molecule has 0 saturated carbocycles. The molecule has 3 heterocycles. The molecule has 2 aromatic heterocycles. The Hall–Kier alpha value is -1.46. The zero-order valence-electron chi connectivity index (χ0n) is 11.7. The van der Waals surface area contributed by atoms with Crippen molar-refractivity contribution in [2.45, 2.75) is 32.4 Å². The third-order valence-electron chi connectivity index (χ3n) is 3.49. The van der Waals surface area contributed by atoms with Crippen LogP contribution in [-0.4, -0.2) is 29.2 Å². The van der Waals surface area contributed by atoms with Gasteiger partial charge in [0.15, 0.2) is 0 Å². The van der Waals surface area contributed by atoms with E-state index in [4.69, 9.17) is 4.74 Å². The minimum Gasteiger partial charge on any atom is -0.376 e. The topological polar surface area (TPSA) is 38.2 Å². The predicted molar refractivity (Wildman–Crippen MR) is 81.1 cm³/mol. The molecule has 1 fully saturated rings. The summed E-state index contributed by atoms with van der Waals surface area (Å²) in [4.78, 5) is 12.3. The molecule has 0 radical (unpaired) electrons. The van der Waals surface area contributed by atoms with Crippen LogP contribution < -0.4 is 4.90 Å². The van der Waals surface area contributed by atoms with Crippen LogP contribution in [0.2, 0.25) is 0 Å². The van der Waals surface area contributed by atoms with Crippen molar-refractivity contribution in [1.29, 1.82) is 0 Å². The average Bonchev–Trinajstić information content (AvgIpc) is 3.11. The first-order valence-electron chi connectivity index (χ1n) is 6.99. The molecular weight excluding hydrogens is 270 g/mol. The van der Waals surface area contributed by atoms with Gasteiger partial charge >= 0.3 is 0 Å². The lowest BCUT2D eigenvalue weighted by Crippen LogP contribution is -2.32. The molecule has 2 aromatic rings. The maximum Gasteiger partial charge on any atom is 0.132 e. The first-order valence-corrected chi connectivity index (χ1v) is 7.87. The van der Waals surface area contributed by atoms with Crippen LogP contribution in [-0.2, 0) is 11.3 Å². The smallest absolute Gasteiger partial charge is 0.132 e. The molecule has 1 aliphatic rings. The van der Waals surface area contributed by atoms with E-state index < -0.39 is 0 Å². The van der Waals surface area contributed by atoms with E-state index in [0.717, 1.165) is 37.6 Å². The average molecular weight is 289 g/mol. The van der Waals surface area contributed by atoms with Crippen molar-refractivity contribution in [2.24, 2.45) is 0 Å². The van der Waals surface area contributed by atoms with Crippen LogP contribution >= 0.6 is 11.3 Å². The Morgan fingerprint density at radius 2 is 2.40 bits per heavy atom. The van der Waals surface area contributed by atoms with Gasteiger partial charge in [-0.3, -0.25) is 0 Å². The molecule has 1 saturated heterocycles. The third-order valence-corrected chi connectivity index (χ3v) is 4.35. The van der Waals surface area contributed by atoms with Crippen LogP contribution in [0.15, 0.2) is 29.9 Å². The van der Waals surface area contributed by atoms with Crippen LogP contribution in [0.3, 0.4) is 0 Å². The largest absolute Gasteiger partial charge is 0.376 e. The van der Waals surface area contributed by atoms with Gasteiger partial charge in [0.25, 0.3) is 0 Å². The quantitative estimate of drug-likeness (QED) is 0.848. The minimum absolute atomic E-state index is 0.324. The van der Waals surface area contributed by atoms with E-state index in [2.05, 4.69) is 32.4 Å². The maximum atomic E-state index is 5.77. The second-order valence-corrected chi connectivity index (χ2v) is 6.14. The van der Waals surface area contributed by atoms with E-state index in [1.54, 1.807) is 17.7 Å². The van der Waals surface area contributed by atoms with Gasteiger partial charge in [-0.2, -0.15) is 0 Å². The highest BCUT2D eigenvalue weighted by Gasteiger charge is 2.20. The van der Waals surface area contributed by atoms with E-state index in [0.29, 0.717) is 6.10 Å². The monoisotopic (exact) mass is 289 g/mol. The Balaban J connectivity index is 1.78. The molecule has 4 nitrogen and oxygen atoms in total. The van der Waals surface area contributed by atoms with Gasteiger partial charge in [0.1, 0.15) is 12.1 Å². The lowest BCUT2D eigenvalue weighted by Gasteiger charge is -2.26. The predicted octanol–water partition coefficient (Wildman–Crippen LogP) is 3.03.